The normalized spacial score (nSPS) is 15.1. The van der Waals surface area contributed by atoms with Gasteiger partial charge in [-0.2, -0.15) is 0 Å². The topological polar surface area (TPSA) is 71.7 Å². The summed E-state index contributed by atoms with van der Waals surface area (Å²) >= 11 is 0. The summed E-state index contributed by atoms with van der Waals surface area (Å²) in [5.41, 5.74) is 2.70. The zero-order chi connectivity index (χ0) is 21.3. The van der Waals surface area contributed by atoms with Gasteiger partial charge in [0.2, 0.25) is 5.78 Å². The van der Waals surface area contributed by atoms with E-state index in [0.29, 0.717) is 24.4 Å². The number of carbonyl (C=O) groups excluding carboxylic acids is 2. The molecule has 0 bridgehead atoms. The Morgan fingerprint density at radius 3 is 2.63 bits per heavy atom. The van der Waals surface area contributed by atoms with E-state index in [9.17, 15) is 9.59 Å². The molecule has 4 rings (SSSR count). The molecule has 0 amide bonds. The highest BCUT2D eigenvalue weighted by atomic mass is 16.6. The average molecular weight is 408 g/mol. The summed E-state index contributed by atoms with van der Waals surface area (Å²) in [5.74, 6) is 0.713. The molecule has 0 fully saturated rings. The van der Waals surface area contributed by atoms with Crippen molar-refractivity contribution in [3.8, 4) is 11.5 Å². The number of Topliss-reactive ketones (excluding diaryl/α,β-unsaturated/α-hetero) is 1. The van der Waals surface area contributed by atoms with Gasteiger partial charge >= 0.3 is 5.97 Å². The van der Waals surface area contributed by atoms with Crippen LogP contribution in [0.3, 0.4) is 0 Å². The van der Waals surface area contributed by atoms with Crippen molar-refractivity contribution in [2.75, 3.05) is 13.2 Å². The van der Waals surface area contributed by atoms with E-state index in [1.54, 1.807) is 29.9 Å². The number of aromatic nitrogens is 2. The molecule has 7 heteroatoms. The van der Waals surface area contributed by atoms with Gasteiger partial charge < -0.3 is 23.3 Å². The van der Waals surface area contributed by atoms with Crippen LogP contribution < -0.4 is 9.47 Å². The van der Waals surface area contributed by atoms with Crippen LogP contribution in [-0.2, 0) is 18.3 Å². The van der Waals surface area contributed by atoms with E-state index in [2.05, 4.69) is 0 Å². The van der Waals surface area contributed by atoms with Crippen molar-refractivity contribution < 1.29 is 23.8 Å². The Morgan fingerprint density at radius 1 is 1.13 bits per heavy atom. The molecule has 3 heterocycles. The fourth-order valence-electron chi connectivity index (χ4n) is 3.68. The summed E-state index contributed by atoms with van der Waals surface area (Å²) in [4.78, 5) is 24.8. The molecule has 0 unspecified atom stereocenters. The second kappa shape index (κ2) is 8.10. The van der Waals surface area contributed by atoms with E-state index >= 15 is 0 Å². The Morgan fingerprint density at radius 2 is 1.90 bits per heavy atom. The third-order valence-corrected chi connectivity index (χ3v) is 5.32. The minimum Gasteiger partial charge on any atom is -0.486 e. The van der Waals surface area contributed by atoms with Gasteiger partial charge in [-0.3, -0.25) is 4.79 Å². The van der Waals surface area contributed by atoms with Crippen LogP contribution in [0.5, 0.6) is 11.5 Å². The Labute approximate surface area is 174 Å². The molecule has 1 aliphatic heterocycles. The Hall–Kier alpha value is -3.48. The Balaban J connectivity index is 1.42. The quantitative estimate of drug-likeness (QED) is 0.462. The molecule has 0 spiro atoms. The van der Waals surface area contributed by atoms with Crippen LogP contribution in [0.1, 0.15) is 32.2 Å². The van der Waals surface area contributed by atoms with Gasteiger partial charge in [-0.15, -0.1) is 0 Å². The van der Waals surface area contributed by atoms with Gasteiger partial charge in [-0.05, 0) is 44.2 Å². The van der Waals surface area contributed by atoms with Gasteiger partial charge in [0.15, 0.2) is 24.2 Å². The zero-order valence-electron chi connectivity index (χ0n) is 17.3. The smallest absolute Gasteiger partial charge is 0.355 e. The minimum absolute atomic E-state index is 0.164. The van der Waals surface area contributed by atoms with Crippen molar-refractivity contribution >= 4 is 11.8 Å². The number of hydrogen-bond donors (Lipinski definition) is 0. The maximum absolute atomic E-state index is 12.7. The SMILES string of the molecule is Cc1cc(C(=O)COC(=O)c2cccn2C)c(C)n1C[C@@H]1COc2ccccc2O1. The molecule has 2 aromatic heterocycles. The summed E-state index contributed by atoms with van der Waals surface area (Å²) in [7, 11) is 1.75. The van der Waals surface area contributed by atoms with Gasteiger partial charge in [0.25, 0.3) is 0 Å². The van der Waals surface area contributed by atoms with E-state index in [-0.39, 0.29) is 18.5 Å². The molecule has 1 aliphatic rings. The summed E-state index contributed by atoms with van der Waals surface area (Å²) < 4.78 is 20.7. The maximum atomic E-state index is 12.7. The summed E-state index contributed by atoms with van der Waals surface area (Å²) in [6.07, 6.45) is 1.59. The van der Waals surface area contributed by atoms with Crippen molar-refractivity contribution in [1.82, 2.24) is 9.13 Å². The number of aryl methyl sites for hydroxylation is 2. The van der Waals surface area contributed by atoms with E-state index in [4.69, 9.17) is 14.2 Å². The molecule has 1 atom stereocenters. The predicted molar refractivity (Wildman–Crippen MR) is 110 cm³/mol. The van der Waals surface area contributed by atoms with Crippen LogP contribution in [0.2, 0.25) is 0 Å². The van der Waals surface area contributed by atoms with Gasteiger partial charge in [0, 0.05) is 30.2 Å². The maximum Gasteiger partial charge on any atom is 0.355 e. The summed E-state index contributed by atoms with van der Waals surface area (Å²) in [5, 5.41) is 0. The third-order valence-electron chi connectivity index (χ3n) is 5.32. The van der Waals surface area contributed by atoms with E-state index in [1.165, 1.54) is 0 Å². The molecule has 7 nitrogen and oxygen atoms in total. The Kier molecular flexibility index (Phi) is 5.35. The molecule has 1 aromatic carbocycles. The first-order valence-corrected chi connectivity index (χ1v) is 9.81. The molecule has 0 radical (unpaired) electrons. The number of hydrogen-bond acceptors (Lipinski definition) is 5. The second-order valence-corrected chi connectivity index (χ2v) is 7.40. The van der Waals surface area contributed by atoms with Crippen LogP contribution in [0, 0.1) is 13.8 Å². The van der Waals surface area contributed by atoms with Crippen molar-refractivity contribution in [2.45, 2.75) is 26.5 Å². The number of fused-ring (bicyclic) bond motifs is 1. The first-order chi connectivity index (χ1) is 14.4. The van der Waals surface area contributed by atoms with E-state index < -0.39 is 5.97 Å². The number of ether oxygens (including phenoxy) is 3. The van der Waals surface area contributed by atoms with Gasteiger partial charge in [0.05, 0.1) is 6.54 Å². The lowest BCUT2D eigenvalue weighted by molar-refractivity contribution is 0.0465. The van der Waals surface area contributed by atoms with Crippen molar-refractivity contribution in [2.24, 2.45) is 7.05 Å². The van der Waals surface area contributed by atoms with Crippen LogP contribution in [-0.4, -0.2) is 40.2 Å². The molecular formula is C23H24N2O5. The van der Waals surface area contributed by atoms with Crippen LogP contribution >= 0.6 is 0 Å². The highest BCUT2D eigenvalue weighted by Crippen LogP contribution is 2.31. The van der Waals surface area contributed by atoms with Crippen LogP contribution in [0.15, 0.2) is 48.7 Å². The standard InChI is InChI=1S/C23H24N2O5/c1-15-11-18(20(26)14-29-23(27)19-7-6-10-24(19)3)16(2)25(15)12-17-13-28-21-8-4-5-9-22(21)30-17/h4-11,17H,12-14H2,1-3H3/t17-/m1/s1. The van der Waals surface area contributed by atoms with Crippen molar-refractivity contribution in [3.63, 3.8) is 0 Å². The first-order valence-electron chi connectivity index (χ1n) is 9.81. The lowest BCUT2D eigenvalue weighted by Crippen LogP contribution is -2.33. The second-order valence-electron chi connectivity index (χ2n) is 7.40. The van der Waals surface area contributed by atoms with Crippen molar-refractivity contribution in [1.29, 1.82) is 0 Å². The van der Waals surface area contributed by atoms with Gasteiger partial charge in [-0.1, -0.05) is 12.1 Å². The highest BCUT2D eigenvalue weighted by Gasteiger charge is 2.24. The van der Waals surface area contributed by atoms with E-state index in [1.807, 2.05) is 48.7 Å². The molecule has 0 saturated heterocycles. The number of carbonyl (C=O) groups is 2. The average Bonchev–Trinajstić information content (AvgIpc) is 3.30. The Bertz CT molecular complexity index is 1090. The fourth-order valence-corrected chi connectivity index (χ4v) is 3.68. The molecule has 3 aromatic rings. The molecular weight excluding hydrogens is 384 g/mol. The molecule has 156 valence electrons. The molecule has 30 heavy (non-hydrogen) atoms. The fraction of sp³-hybridized carbons (Fsp3) is 0.304. The number of benzene rings is 1. The number of rotatable bonds is 6. The van der Waals surface area contributed by atoms with Gasteiger partial charge in [0.1, 0.15) is 12.3 Å². The molecule has 0 saturated carbocycles. The number of esters is 1. The third kappa shape index (κ3) is 3.83. The minimum atomic E-state index is -0.518. The monoisotopic (exact) mass is 408 g/mol. The van der Waals surface area contributed by atoms with Crippen molar-refractivity contribution in [3.05, 3.63) is 71.3 Å². The largest absolute Gasteiger partial charge is 0.486 e. The zero-order valence-corrected chi connectivity index (χ0v) is 17.3. The summed E-state index contributed by atoms with van der Waals surface area (Å²) in [6, 6.07) is 12.8. The lowest BCUT2D eigenvalue weighted by Gasteiger charge is -2.27. The summed E-state index contributed by atoms with van der Waals surface area (Å²) in [6.45, 7) is 4.52. The molecule has 0 N–H and O–H groups in total. The predicted octanol–water partition coefficient (Wildman–Crippen LogP) is 3.32. The number of nitrogens with zero attached hydrogens (tertiary/aromatic N) is 2. The van der Waals surface area contributed by atoms with E-state index in [0.717, 1.165) is 22.9 Å². The van der Waals surface area contributed by atoms with Crippen LogP contribution in [0.25, 0.3) is 0 Å². The first kappa shape index (κ1) is 19.8. The van der Waals surface area contributed by atoms with Crippen LogP contribution in [0.4, 0.5) is 0 Å². The number of para-hydroxylation sites is 2. The molecule has 0 aliphatic carbocycles. The lowest BCUT2D eigenvalue weighted by atomic mass is 10.1. The van der Waals surface area contributed by atoms with Gasteiger partial charge in [-0.25, -0.2) is 4.79 Å². The highest BCUT2D eigenvalue weighted by molar-refractivity contribution is 6.00. The number of ketones is 1.